The van der Waals surface area contributed by atoms with Crippen molar-refractivity contribution in [1.29, 1.82) is 0 Å². The first-order valence-electron chi connectivity index (χ1n) is 9.86. The molecule has 0 bridgehead atoms. The van der Waals surface area contributed by atoms with Crippen LogP contribution in [0, 0.1) is 5.82 Å². The van der Waals surface area contributed by atoms with Crippen LogP contribution in [0.25, 0.3) is 0 Å². The third kappa shape index (κ3) is 5.44. The fraction of sp³-hybridized carbons (Fsp3) is 0.273. The van der Waals surface area contributed by atoms with Crippen LogP contribution in [-0.2, 0) is 22.7 Å². The second-order valence-corrected chi connectivity index (χ2v) is 7.23. The summed E-state index contributed by atoms with van der Waals surface area (Å²) in [4.78, 5) is 30.3. The molecule has 0 saturated carbocycles. The lowest BCUT2D eigenvalue weighted by atomic mass is 10.1. The number of para-hydroxylation sites is 1. The quantitative estimate of drug-likeness (QED) is 0.597. The number of nitrogens with one attached hydrogen (secondary N) is 1. The number of carbonyl (C=O) groups is 2. The van der Waals surface area contributed by atoms with Crippen LogP contribution < -0.4 is 10.1 Å². The first-order chi connectivity index (χ1) is 15.1. The topological polar surface area (TPSA) is 97.6 Å². The Hall–Kier alpha value is -3.75. The second-order valence-electron chi connectivity index (χ2n) is 7.23. The van der Waals surface area contributed by atoms with Gasteiger partial charge in [-0.25, -0.2) is 4.39 Å². The Morgan fingerprint density at radius 3 is 2.74 bits per heavy atom. The highest BCUT2D eigenvalue weighted by molar-refractivity contribution is 5.79. The highest BCUT2D eigenvalue weighted by Crippen LogP contribution is 2.27. The SMILES string of the molecule is O=C(COc1ccccc1)NCc1nc(C2CC(=O)N(Cc3ccc(F)cc3)C2)no1. The fourth-order valence-electron chi connectivity index (χ4n) is 3.30. The van der Waals surface area contributed by atoms with Crippen molar-refractivity contribution in [3.8, 4) is 5.75 Å². The minimum atomic E-state index is -0.315. The number of halogens is 1. The Labute approximate surface area is 178 Å². The van der Waals surface area contributed by atoms with Crippen LogP contribution in [-0.4, -0.2) is 40.0 Å². The van der Waals surface area contributed by atoms with Gasteiger partial charge in [-0.15, -0.1) is 0 Å². The fourth-order valence-corrected chi connectivity index (χ4v) is 3.30. The number of aromatic nitrogens is 2. The maximum atomic E-state index is 13.1. The van der Waals surface area contributed by atoms with E-state index in [4.69, 9.17) is 9.26 Å². The molecular weight excluding hydrogens is 403 g/mol. The van der Waals surface area contributed by atoms with E-state index in [1.54, 1.807) is 29.2 Å². The molecule has 2 amide bonds. The molecule has 0 spiro atoms. The predicted molar refractivity (Wildman–Crippen MR) is 107 cm³/mol. The Balaban J connectivity index is 1.26. The minimum absolute atomic E-state index is 0.0213. The van der Waals surface area contributed by atoms with Gasteiger partial charge >= 0.3 is 0 Å². The van der Waals surface area contributed by atoms with Crippen LogP contribution in [0.3, 0.4) is 0 Å². The van der Waals surface area contributed by atoms with Gasteiger partial charge in [0.1, 0.15) is 11.6 Å². The number of ether oxygens (including phenoxy) is 1. The first-order valence-corrected chi connectivity index (χ1v) is 9.86. The predicted octanol–water partition coefficient (Wildman–Crippen LogP) is 2.42. The van der Waals surface area contributed by atoms with E-state index in [1.165, 1.54) is 12.1 Å². The molecule has 1 fully saturated rings. The molecule has 2 aromatic carbocycles. The number of likely N-dealkylation sites (tertiary alicyclic amines) is 1. The van der Waals surface area contributed by atoms with Crippen molar-refractivity contribution in [3.63, 3.8) is 0 Å². The molecule has 31 heavy (non-hydrogen) atoms. The number of amides is 2. The van der Waals surface area contributed by atoms with Gasteiger partial charge in [0.15, 0.2) is 12.4 Å². The summed E-state index contributed by atoms with van der Waals surface area (Å²) in [6.45, 7) is 0.800. The molecule has 1 saturated heterocycles. The third-order valence-corrected chi connectivity index (χ3v) is 4.90. The van der Waals surface area contributed by atoms with Crippen molar-refractivity contribution in [2.75, 3.05) is 13.2 Å². The van der Waals surface area contributed by atoms with Gasteiger partial charge in [-0.3, -0.25) is 9.59 Å². The number of carbonyl (C=O) groups excluding carboxylic acids is 2. The molecule has 1 unspecified atom stereocenters. The Morgan fingerprint density at radius 2 is 1.97 bits per heavy atom. The maximum Gasteiger partial charge on any atom is 0.258 e. The van der Waals surface area contributed by atoms with Crippen LogP contribution in [0.4, 0.5) is 4.39 Å². The van der Waals surface area contributed by atoms with Crippen LogP contribution in [0.1, 0.15) is 29.6 Å². The molecule has 0 aliphatic carbocycles. The summed E-state index contributed by atoms with van der Waals surface area (Å²) in [7, 11) is 0. The van der Waals surface area contributed by atoms with E-state index in [-0.39, 0.29) is 49.0 Å². The summed E-state index contributed by atoms with van der Waals surface area (Å²) < 4.78 is 23.6. The Morgan fingerprint density at radius 1 is 1.19 bits per heavy atom. The molecule has 0 radical (unpaired) electrons. The zero-order valence-corrected chi connectivity index (χ0v) is 16.7. The average Bonchev–Trinajstić information content (AvgIpc) is 3.40. The van der Waals surface area contributed by atoms with Gasteiger partial charge < -0.3 is 19.5 Å². The summed E-state index contributed by atoms with van der Waals surface area (Å²) in [5.41, 5.74) is 0.852. The molecule has 1 aliphatic rings. The molecule has 160 valence electrons. The van der Waals surface area contributed by atoms with E-state index in [0.717, 1.165) is 5.56 Å². The lowest BCUT2D eigenvalue weighted by Crippen LogP contribution is -2.28. The molecule has 9 heteroatoms. The smallest absolute Gasteiger partial charge is 0.258 e. The lowest BCUT2D eigenvalue weighted by Gasteiger charge is -2.16. The molecule has 1 aliphatic heterocycles. The van der Waals surface area contributed by atoms with E-state index < -0.39 is 0 Å². The lowest BCUT2D eigenvalue weighted by molar-refractivity contribution is -0.128. The summed E-state index contributed by atoms with van der Waals surface area (Å²) >= 11 is 0. The molecule has 8 nitrogen and oxygen atoms in total. The van der Waals surface area contributed by atoms with Gasteiger partial charge in [0.25, 0.3) is 5.91 Å². The number of nitrogens with zero attached hydrogens (tertiary/aromatic N) is 3. The van der Waals surface area contributed by atoms with Gasteiger partial charge in [0.2, 0.25) is 11.8 Å². The zero-order chi connectivity index (χ0) is 21.6. The largest absolute Gasteiger partial charge is 0.484 e. The van der Waals surface area contributed by atoms with E-state index >= 15 is 0 Å². The van der Waals surface area contributed by atoms with Crippen molar-refractivity contribution in [2.45, 2.75) is 25.4 Å². The number of hydrogen-bond acceptors (Lipinski definition) is 6. The molecule has 1 atom stereocenters. The Bertz CT molecular complexity index is 1040. The summed E-state index contributed by atoms with van der Waals surface area (Å²) in [6.07, 6.45) is 0.275. The highest BCUT2D eigenvalue weighted by Gasteiger charge is 2.33. The van der Waals surface area contributed by atoms with Crippen molar-refractivity contribution in [2.24, 2.45) is 0 Å². The molecule has 4 rings (SSSR count). The van der Waals surface area contributed by atoms with Crippen LogP contribution >= 0.6 is 0 Å². The van der Waals surface area contributed by atoms with E-state index in [0.29, 0.717) is 24.7 Å². The Kier molecular flexibility index (Phi) is 6.21. The van der Waals surface area contributed by atoms with Gasteiger partial charge in [-0.05, 0) is 29.8 Å². The van der Waals surface area contributed by atoms with Gasteiger partial charge in [-0.2, -0.15) is 4.98 Å². The summed E-state index contributed by atoms with van der Waals surface area (Å²) in [5.74, 6) is 0.452. The number of benzene rings is 2. The van der Waals surface area contributed by atoms with Gasteiger partial charge in [0, 0.05) is 25.4 Å². The van der Waals surface area contributed by atoms with E-state index in [1.807, 2.05) is 18.2 Å². The second kappa shape index (κ2) is 9.38. The van der Waals surface area contributed by atoms with Crippen molar-refractivity contribution in [3.05, 3.63) is 77.7 Å². The summed E-state index contributed by atoms with van der Waals surface area (Å²) in [6, 6.07) is 15.1. The van der Waals surface area contributed by atoms with Crippen molar-refractivity contribution >= 4 is 11.8 Å². The third-order valence-electron chi connectivity index (χ3n) is 4.90. The van der Waals surface area contributed by atoms with E-state index in [9.17, 15) is 14.0 Å². The maximum absolute atomic E-state index is 13.1. The van der Waals surface area contributed by atoms with Crippen LogP contribution in [0.2, 0.25) is 0 Å². The van der Waals surface area contributed by atoms with Crippen molar-refractivity contribution < 1.29 is 23.2 Å². The highest BCUT2D eigenvalue weighted by atomic mass is 19.1. The number of rotatable bonds is 8. The van der Waals surface area contributed by atoms with Gasteiger partial charge in [-0.1, -0.05) is 35.5 Å². The molecule has 2 heterocycles. The van der Waals surface area contributed by atoms with Crippen molar-refractivity contribution in [1.82, 2.24) is 20.4 Å². The first kappa shape index (κ1) is 20.5. The molecule has 1 aromatic heterocycles. The number of hydrogen-bond donors (Lipinski definition) is 1. The van der Waals surface area contributed by atoms with Crippen LogP contribution in [0.15, 0.2) is 59.1 Å². The molecule has 1 N–H and O–H groups in total. The van der Waals surface area contributed by atoms with Gasteiger partial charge in [0.05, 0.1) is 6.54 Å². The zero-order valence-electron chi connectivity index (χ0n) is 16.7. The average molecular weight is 424 g/mol. The van der Waals surface area contributed by atoms with E-state index in [2.05, 4.69) is 15.5 Å². The monoisotopic (exact) mass is 424 g/mol. The molecule has 3 aromatic rings. The summed E-state index contributed by atoms with van der Waals surface area (Å²) in [5, 5.41) is 6.62. The normalized spacial score (nSPS) is 15.8. The van der Waals surface area contributed by atoms with Crippen LogP contribution in [0.5, 0.6) is 5.75 Å². The minimum Gasteiger partial charge on any atom is -0.484 e. The standard InChI is InChI=1S/C22H21FN4O4/c23-17-8-6-15(7-9-17)12-27-13-16(10-21(27)29)22-25-20(31-26-22)11-24-19(28)14-30-18-4-2-1-3-5-18/h1-9,16H,10-14H2,(H,24,28). The molecular formula is C22H21FN4O4.